The average Bonchev–Trinajstić information content (AvgIpc) is 2.28. The molecule has 0 spiro atoms. The van der Waals surface area contributed by atoms with Crippen LogP contribution in [0.4, 0.5) is 5.69 Å². The van der Waals surface area contributed by atoms with Gasteiger partial charge in [0.1, 0.15) is 0 Å². The van der Waals surface area contributed by atoms with E-state index in [9.17, 15) is 8.42 Å². The van der Waals surface area contributed by atoms with E-state index < -0.39 is 14.6 Å². The van der Waals surface area contributed by atoms with Gasteiger partial charge >= 0.3 is 0 Å². The third-order valence-electron chi connectivity index (χ3n) is 3.02. The Bertz CT molecular complexity index is 487. The van der Waals surface area contributed by atoms with E-state index in [0.29, 0.717) is 6.54 Å². The molecule has 0 aromatic heterocycles. The lowest BCUT2D eigenvalue weighted by molar-refractivity contribution is 0.560. The molecule has 1 aromatic rings. The van der Waals surface area contributed by atoms with Crippen LogP contribution in [-0.2, 0) is 16.3 Å². The van der Waals surface area contributed by atoms with Crippen LogP contribution in [0.25, 0.3) is 0 Å². The monoisotopic (exact) mass is 269 g/mol. The van der Waals surface area contributed by atoms with Crippen LogP contribution in [0.5, 0.6) is 0 Å². The van der Waals surface area contributed by atoms with Crippen LogP contribution in [0.2, 0.25) is 0 Å². The summed E-state index contributed by atoms with van der Waals surface area (Å²) in [7, 11) is -3.05. The number of anilines is 1. The maximum atomic E-state index is 12.0. The Morgan fingerprint density at radius 3 is 2.33 bits per heavy atom. The van der Waals surface area contributed by atoms with E-state index >= 15 is 0 Å². The van der Waals surface area contributed by atoms with E-state index in [0.717, 1.165) is 12.1 Å². The van der Waals surface area contributed by atoms with Gasteiger partial charge in [0.25, 0.3) is 0 Å². The number of hydrogen-bond donors (Lipinski definition) is 1. The fourth-order valence-electron chi connectivity index (χ4n) is 1.63. The molecule has 4 heteroatoms. The number of aryl methyl sites for hydroxylation is 1. The molecular weight excluding hydrogens is 246 g/mol. The van der Waals surface area contributed by atoms with Crippen molar-refractivity contribution >= 4 is 15.5 Å². The Morgan fingerprint density at radius 2 is 1.78 bits per heavy atom. The Labute approximate surface area is 111 Å². The number of benzene rings is 1. The zero-order chi connectivity index (χ0) is 13.8. The summed E-state index contributed by atoms with van der Waals surface area (Å²) in [6.07, 6.45) is 0.940. The lowest BCUT2D eigenvalue weighted by Gasteiger charge is -2.19. The maximum absolute atomic E-state index is 12.0. The van der Waals surface area contributed by atoms with E-state index in [1.165, 1.54) is 5.56 Å². The van der Waals surface area contributed by atoms with Crippen molar-refractivity contribution < 1.29 is 8.42 Å². The second kappa shape index (κ2) is 5.74. The van der Waals surface area contributed by atoms with Gasteiger partial charge in [0.05, 0.1) is 10.5 Å². The molecule has 0 amide bonds. The fraction of sp³-hybridized carbons (Fsp3) is 0.571. The first kappa shape index (κ1) is 15.0. The quantitative estimate of drug-likeness (QED) is 0.894. The molecule has 0 aliphatic heterocycles. The third kappa shape index (κ3) is 3.73. The lowest BCUT2D eigenvalue weighted by atomic mass is 10.1. The number of hydrogen-bond acceptors (Lipinski definition) is 3. The van der Waals surface area contributed by atoms with E-state index in [1.54, 1.807) is 20.8 Å². The molecule has 1 rings (SSSR count). The second-order valence-corrected chi connectivity index (χ2v) is 8.23. The van der Waals surface area contributed by atoms with Crippen molar-refractivity contribution in [2.75, 3.05) is 17.6 Å². The van der Waals surface area contributed by atoms with Crippen molar-refractivity contribution in [1.29, 1.82) is 0 Å². The van der Waals surface area contributed by atoms with Crippen molar-refractivity contribution in [2.24, 2.45) is 0 Å². The van der Waals surface area contributed by atoms with Crippen molar-refractivity contribution in [1.82, 2.24) is 0 Å². The van der Waals surface area contributed by atoms with Crippen molar-refractivity contribution in [2.45, 2.75) is 38.9 Å². The summed E-state index contributed by atoms with van der Waals surface area (Å²) in [5, 5.41) is 3.21. The summed E-state index contributed by atoms with van der Waals surface area (Å²) in [5.74, 6) is 0.161. The predicted molar refractivity (Wildman–Crippen MR) is 77.8 cm³/mol. The van der Waals surface area contributed by atoms with E-state index in [4.69, 9.17) is 0 Å². The molecule has 0 aliphatic rings. The normalized spacial score (nSPS) is 12.4. The van der Waals surface area contributed by atoms with Crippen LogP contribution in [0.1, 0.15) is 33.3 Å². The number of nitrogens with one attached hydrogen (secondary N) is 1. The standard InChI is InChI=1S/C14H23NO2S/c1-5-12-8-6-7-9-13(12)15-10-11-18(16,17)14(2,3)4/h6-9,15H,5,10-11H2,1-4H3. The predicted octanol–water partition coefficient (Wildman–Crippen LogP) is 2.87. The molecular formula is C14H23NO2S. The largest absolute Gasteiger partial charge is 0.384 e. The smallest absolute Gasteiger partial charge is 0.156 e. The molecule has 1 aromatic carbocycles. The summed E-state index contributed by atoms with van der Waals surface area (Å²) in [6.45, 7) is 7.76. The molecule has 0 saturated carbocycles. The summed E-state index contributed by atoms with van der Waals surface area (Å²) in [5.41, 5.74) is 2.25. The van der Waals surface area contributed by atoms with Gasteiger partial charge in [0, 0.05) is 12.2 Å². The zero-order valence-electron chi connectivity index (χ0n) is 11.7. The topological polar surface area (TPSA) is 46.2 Å². The minimum Gasteiger partial charge on any atom is -0.384 e. The summed E-state index contributed by atoms with van der Waals surface area (Å²) >= 11 is 0. The number of sulfone groups is 1. The lowest BCUT2D eigenvalue weighted by Crippen LogP contribution is -2.32. The summed E-state index contributed by atoms with van der Waals surface area (Å²) in [4.78, 5) is 0. The molecule has 0 saturated heterocycles. The summed E-state index contributed by atoms with van der Waals surface area (Å²) < 4.78 is 23.2. The van der Waals surface area contributed by atoms with Gasteiger partial charge in [-0.25, -0.2) is 8.42 Å². The highest BCUT2D eigenvalue weighted by Gasteiger charge is 2.28. The first-order valence-electron chi connectivity index (χ1n) is 6.32. The van der Waals surface area contributed by atoms with Gasteiger partial charge in [-0.05, 0) is 38.8 Å². The molecule has 3 nitrogen and oxygen atoms in total. The van der Waals surface area contributed by atoms with Gasteiger partial charge in [-0.1, -0.05) is 25.1 Å². The number of rotatable bonds is 5. The van der Waals surface area contributed by atoms with E-state index in [2.05, 4.69) is 18.3 Å². The first-order chi connectivity index (χ1) is 8.28. The van der Waals surface area contributed by atoms with Crippen molar-refractivity contribution in [3.63, 3.8) is 0 Å². The molecule has 0 bridgehead atoms. The van der Waals surface area contributed by atoms with Crippen molar-refractivity contribution in [3.8, 4) is 0 Å². The van der Waals surface area contributed by atoms with Gasteiger partial charge in [-0.3, -0.25) is 0 Å². The fourth-order valence-corrected chi connectivity index (χ4v) is 2.61. The molecule has 0 heterocycles. The van der Waals surface area contributed by atoms with Crippen LogP contribution >= 0.6 is 0 Å². The Balaban J connectivity index is 2.63. The molecule has 0 atom stereocenters. The van der Waals surface area contributed by atoms with Crippen LogP contribution in [0.15, 0.2) is 24.3 Å². The van der Waals surface area contributed by atoms with Crippen LogP contribution in [0, 0.1) is 0 Å². The molecule has 18 heavy (non-hydrogen) atoms. The zero-order valence-corrected chi connectivity index (χ0v) is 12.5. The molecule has 102 valence electrons. The minimum atomic E-state index is -3.05. The Hall–Kier alpha value is -1.03. The van der Waals surface area contributed by atoms with Crippen molar-refractivity contribution in [3.05, 3.63) is 29.8 Å². The third-order valence-corrected chi connectivity index (χ3v) is 5.63. The number of para-hydroxylation sites is 1. The highest BCUT2D eigenvalue weighted by molar-refractivity contribution is 7.92. The van der Waals surface area contributed by atoms with Gasteiger partial charge in [-0.15, -0.1) is 0 Å². The summed E-state index contributed by atoms with van der Waals surface area (Å²) in [6, 6.07) is 8.00. The SMILES string of the molecule is CCc1ccccc1NCCS(=O)(=O)C(C)(C)C. The van der Waals surface area contributed by atoms with Gasteiger partial charge < -0.3 is 5.32 Å². The van der Waals surface area contributed by atoms with Crippen LogP contribution in [-0.4, -0.2) is 25.5 Å². The second-order valence-electron chi connectivity index (χ2n) is 5.37. The highest BCUT2D eigenvalue weighted by Crippen LogP contribution is 2.18. The van der Waals surface area contributed by atoms with E-state index in [-0.39, 0.29) is 5.75 Å². The highest BCUT2D eigenvalue weighted by atomic mass is 32.2. The molecule has 0 radical (unpaired) electrons. The molecule has 0 unspecified atom stereocenters. The van der Waals surface area contributed by atoms with Gasteiger partial charge in [0.15, 0.2) is 9.84 Å². The Kier molecular flexibility index (Phi) is 4.79. The van der Waals surface area contributed by atoms with Gasteiger partial charge in [0.2, 0.25) is 0 Å². The molecule has 0 aliphatic carbocycles. The molecule has 1 N–H and O–H groups in total. The minimum absolute atomic E-state index is 0.161. The van der Waals surface area contributed by atoms with E-state index in [1.807, 2.05) is 18.2 Å². The average molecular weight is 269 g/mol. The van der Waals surface area contributed by atoms with Gasteiger partial charge in [-0.2, -0.15) is 0 Å². The first-order valence-corrected chi connectivity index (χ1v) is 7.97. The van der Waals surface area contributed by atoms with Crippen LogP contribution in [0.3, 0.4) is 0 Å². The maximum Gasteiger partial charge on any atom is 0.156 e. The molecule has 0 fully saturated rings. The Morgan fingerprint density at radius 1 is 1.17 bits per heavy atom. The van der Waals surface area contributed by atoms with Crippen LogP contribution < -0.4 is 5.32 Å².